The van der Waals surface area contributed by atoms with E-state index in [9.17, 15) is 9.18 Å². The Labute approximate surface area is 165 Å². The Hall–Kier alpha value is -3.34. The number of halogens is 1. The quantitative estimate of drug-likeness (QED) is 0.556. The largest absolute Gasteiger partial charge is 0.449 e. The fourth-order valence-electron chi connectivity index (χ4n) is 2.42. The van der Waals surface area contributed by atoms with Gasteiger partial charge in [0.1, 0.15) is 5.82 Å². The lowest BCUT2D eigenvalue weighted by Gasteiger charge is -2.13. The number of hydrogen-bond acceptors (Lipinski definition) is 3. The van der Waals surface area contributed by atoms with E-state index in [2.05, 4.69) is 10.6 Å². The molecule has 0 aliphatic carbocycles. The molecular weight excluding hydrogens is 355 g/mol. The highest BCUT2D eigenvalue weighted by Crippen LogP contribution is 2.30. The molecule has 3 aromatic carbocycles. The normalized spacial score (nSPS) is 9.68. The number of benzene rings is 3. The van der Waals surface area contributed by atoms with Gasteiger partial charge in [-0.3, -0.25) is 5.32 Å². The first-order valence-electron chi connectivity index (χ1n) is 9.15. The van der Waals surface area contributed by atoms with Crippen molar-refractivity contribution >= 4 is 17.5 Å². The van der Waals surface area contributed by atoms with Crippen LogP contribution in [0.4, 0.5) is 20.6 Å². The summed E-state index contributed by atoms with van der Waals surface area (Å²) in [5, 5.41) is 5.91. The molecule has 0 saturated carbocycles. The zero-order chi connectivity index (χ0) is 20.2. The van der Waals surface area contributed by atoms with Crippen molar-refractivity contribution in [2.75, 3.05) is 24.3 Å². The lowest BCUT2D eigenvalue weighted by Crippen LogP contribution is -2.14. The monoisotopic (exact) mass is 380 g/mol. The number of hydrogen-bond donors (Lipinski definition) is 2. The third-order valence-electron chi connectivity index (χ3n) is 3.80. The van der Waals surface area contributed by atoms with Crippen LogP contribution in [0, 0.1) is 5.82 Å². The van der Waals surface area contributed by atoms with Gasteiger partial charge >= 0.3 is 6.09 Å². The number of rotatable bonds is 5. The van der Waals surface area contributed by atoms with E-state index in [1.54, 1.807) is 18.2 Å². The van der Waals surface area contributed by atoms with Crippen molar-refractivity contribution in [3.05, 3.63) is 84.7 Å². The van der Waals surface area contributed by atoms with Gasteiger partial charge in [-0.25, -0.2) is 9.18 Å². The summed E-state index contributed by atoms with van der Waals surface area (Å²) in [6.07, 6.45) is 0.378. The Morgan fingerprint density at radius 2 is 1.61 bits per heavy atom. The molecule has 2 N–H and O–H groups in total. The van der Waals surface area contributed by atoms with Crippen LogP contribution < -0.4 is 10.6 Å². The van der Waals surface area contributed by atoms with Gasteiger partial charge in [0.25, 0.3) is 0 Å². The highest BCUT2D eigenvalue weighted by Gasteiger charge is 2.10. The minimum atomic E-state index is -0.425. The Morgan fingerprint density at radius 3 is 2.14 bits per heavy atom. The molecular formula is C23H25FN2O2. The predicted molar refractivity (Wildman–Crippen MR) is 113 cm³/mol. The van der Waals surface area contributed by atoms with Crippen LogP contribution in [0.1, 0.15) is 13.3 Å². The molecule has 5 heteroatoms. The molecule has 0 saturated heterocycles. The van der Waals surface area contributed by atoms with E-state index in [1.165, 1.54) is 12.1 Å². The zero-order valence-corrected chi connectivity index (χ0v) is 16.1. The Kier molecular flexibility index (Phi) is 8.53. The van der Waals surface area contributed by atoms with E-state index in [0.717, 1.165) is 28.9 Å². The van der Waals surface area contributed by atoms with Crippen LogP contribution in [0.25, 0.3) is 11.1 Å². The first-order valence-corrected chi connectivity index (χ1v) is 9.15. The number of ether oxygens (including phenoxy) is 1. The summed E-state index contributed by atoms with van der Waals surface area (Å²) in [4.78, 5) is 11.8. The van der Waals surface area contributed by atoms with Crippen LogP contribution in [0.2, 0.25) is 0 Å². The molecule has 0 aromatic heterocycles. The number of amides is 1. The minimum Gasteiger partial charge on any atom is -0.449 e. The molecule has 0 radical (unpaired) electrons. The summed E-state index contributed by atoms with van der Waals surface area (Å²) in [5.74, 6) is -0.178. The molecule has 3 aromatic rings. The standard InChI is InChI=1S/C17H20N2O2.C6H5F/c1-3-11-21-17(20)19-16-10-9-14(18-2)12-15(16)13-7-5-4-6-8-13;7-6-4-2-1-3-5-6/h4-10,12,18H,3,11H2,1-2H3,(H,19,20);1-5H. The molecule has 0 unspecified atom stereocenters. The van der Waals surface area contributed by atoms with Crippen LogP contribution >= 0.6 is 0 Å². The zero-order valence-electron chi connectivity index (χ0n) is 16.1. The molecule has 3 rings (SSSR count). The van der Waals surface area contributed by atoms with Crippen molar-refractivity contribution in [1.82, 2.24) is 0 Å². The highest BCUT2D eigenvalue weighted by molar-refractivity contribution is 5.92. The molecule has 1 amide bonds. The summed E-state index contributed by atoms with van der Waals surface area (Å²) in [6, 6.07) is 23.7. The SMILES string of the molecule is CCCOC(=O)Nc1ccc(NC)cc1-c1ccccc1.Fc1ccccc1. The van der Waals surface area contributed by atoms with Gasteiger partial charge in [-0.05, 0) is 42.3 Å². The fraction of sp³-hybridized carbons (Fsp3) is 0.174. The maximum atomic E-state index is 11.9. The van der Waals surface area contributed by atoms with Gasteiger partial charge in [-0.15, -0.1) is 0 Å². The molecule has 0 atom stereocenters. The molecule has 0 aliphatic rings. The first-order chi connectivity index (χ1) is 13.6. The van der Waals surface area contributed by atoms with Crippen molar-refractivity contribution in [1.29, 1.82) is 0 Å². The summed E-state index contributed by atoms with van der Waals surface area (Å²) < 4.78 is 17.0. The molecule has 4 nitrogen and oxygen atoms in total. The van der Waals surface area contributed by atoms with Crippen LogP contribution in [0.3, 0.4) is 0 Å². The van der Waals surface area contributed by atoms with E-state index in [4.69, 9.17) is 4.74 Å². The third kappa shape index (κ3) is 6.76. The van der Waals surface area contributed by atoms with Gasteiger partial charge in [0.05, 0.1) is 12.3 Å². The average Bonchev–Trinajstić information content (AvgIpc) is 2.74. The lowest BCUT2D eigenvalue weighted by molar-refractivity contribution is 0.161. The van der Waals surface area contributed by atoms with E-state index >= 15 is 0 Å². The molecule has 0 heterocycles. The van der Waals surface area contributed by atoms with Crippen LogP contribution in [0.15, 0.2) is 78.9 Å². The summed E-state index contributed by atoms with van der Waals surface area (Å²) >= 11 is 0. The Balaban J connectivity index is 0.000000336. The Morgan fingerprint density at radius 1 is 0.964 bits per heavy atom. The summed E-state index contributed by atoms with van der Waals surface area (Å²) in [7, 11) is 1.87. The van der Waals surface area contributed by atoms with Gasteiger partial charge in [0, 0.05) is 18.3 Å². The second-order valence-electron chi connectivity index (χ2n) is 5.93. The van der Waals surface area contributed by atoms with Crippen molar-refractivity contribution < 1.29 is 13.9 Å². The molecule has 146 valence electrons. The molecule has 28 heavy (non-hydrogen) atoms. The molecule has 0 fully saturated rings. The van der Waals surface area contributed by atoms with Crippen LogP contribution in [-0.2, 0) is 4.74 Å². The van der Waals surface area contributed by atoms with Crippen LogP contribution in [-0.4, -0.2) is 19.7 Å². The summed E-state index contributed by atoms with van der Waals surface area (Å²) in [5.41, 5.74) is 3.72. The smallest absolute Gasteiger partial charge is 0.411 e. The van der Waals surface area contributed by atoms with Gasteiger partial charge in [-0.2, -0.15) is 0 Å². The third-order valence-corrected chi connectivity index (χ3v) is 3.80. The van der Waals surface area contributed by atoms with E-state index < -0.39 is 6.09 Å². The number of nitrogens with one attached hydrogen (secondary N) is 2. The second kappa shape index (κ2) is 11.4. The van der Waals surface area contributed by atoms with Gasteiger partial charge in [0.2, 0.25) is 0 Å². The average molecular weight is 380 g/mol. The fourth-order valence-corrected chi connectivity index (χ4v) is 2.42. The van der Waals surface area contributed by atoms with Crippen molar-refractivity contribution in [2.24, 2.45) is 0 Å². The van der Waals surface area contributed by atoms with E-state index in [0.29, 0.717) is 6.61 Å². The van der Waals surface area contributed by atoms with Gasteiger partial charge < -0.3 is 10.1 Å². The van der Waals surface area contributed by atoms with Crippen LogP contribution in [0.5, 0.6) is 0 Å². The Bertz CT molecular complexity index is 855. The molecule has 0 spiro atoms. The van der Waals surface area contributed by atoms with Gasteiger partial charge in [-0.1, -0.05) is 55.5 Å². The van der Waals surface area contributed by atoms with Crippen molar-refractivity contribution in [3.8, 4) is 11.1 Å². The number of carbonyl (C=O) groups excluding carboxylic acids is 1. The predicted octanol–water partition coefficient (Wildman–Crippen LogP) is 6.18. The van der Waals surface area contributed by atoms with E-state index in [1.807, 2.05) is 62.5 Å². The summed E-state index contributed by atoms with van der Waals surface area (Å²) in [6.45, 7) is 2.38. The number of carbonyl (C=O) groups is 1. The maximum Gasteiger partial charge on any atom is 0.411 e. The lowest BCUT2D eigenvalue weighted by atomic mass is 10.0. The number of anilines is 2. The minimum absolute atomic E-state index is 0.178. The van der Waals surface area contributed by atoms with Crippen molar-refractivity contribution in [3.63, 3.8) is 0 Å². The maximum absolute atomic E-state index is 11.9. The van der Waals surface area contributed by atoms with Crippen molar-refractivity contribution in [2.45, 2.75) is 13.3 Å². The van der Waals surface area contributed by atoms with E-state index in [-0.39, 0.29) is 5.82 Å². The van der Waals surface area contributed by atoms with Gasteiger partial charge in [0.15, 0.2) is 0 Å². The first kappa shape index (κ1) is 21.0. The molecule has 0 aliphatic heterocycles. The topological polar surface area (TPSA) is 50.4 Å². The highest BCUT2D eigenvalue weighted by atomic mass is 19.1. The second-order valence-corrected chi connectivity index (χ2v) is 5.93. The molecule has 0 bridgehead atoms.